The zero-order valence-electron chi connectivity index (χ0n) is 18.4. The van der Waals surface area contributed by atoms with Crippen LogP contribution in [-0.2, 0) is 10.9 Å². The Morgan fingerprint density at radius 2 is 1.60 bits per heavy atom. The molecule has 0 bridgehead atoms. The Hall–Kier alpha value is -3.07. The van der Waals surface area contributed by atoms with Crippen LogP contribution in [0.3, 0.4) is 0 Å². The molecule has 5 nitrogen and oxygen atoms in total. The predicted octanol–water partition coefficient (Wildman–Crippen LogP) is 5.68. The highest BCUT2D eigenvalue weighted by Gasteiger charge is 2.36. The number of hydrogen-bond acceptors (Lipinski definition) is 4. The maximum atomic E-state index is 13.3. The van der Waals surface area contributed by atoms with Gasteiger partial charge in [-0.2, -0.15) is 13.2 Å². The number of amides is 1. The lowest BCUT2D eigenvalue weighted by Gasteiger charge is -2.22. The van der Waals surface area contributed by atoms with Gasteiger partial charge in [-0.3, -0.25) is 0 Å². The summed E-state index contributed by atoms with van der Waals surface area (Å²) in [6, 6.07) is 18.6. The zero-order chi connectivity index (χ0) is 25.2. The summed E-state index contributed by atoms with van der Waals surface area (Å²) in [5, 5.41) is 23.0. The molecule has 0 spiro atoms. The Kier molecular flexibility index (Phi) is 7.35. The normalized spacial score (nSPS) is 14.7. The maximum Gasteiger partial charge on any atom is 0.416 e. The average Bonchev–Trinajstić information content (AvgIpc) is 3.15. The highest BCUT2D eigenvalue weighted by Crippen LogP contribution is 2.44. The summed E-state index contributed by atoms with van der Waals surface area (Å²) < 4.78 is 45.1. The third-order valence-electron chi connectivity index (χ3n) is 6.06. The molecule has 4 rings (SSSR count). The van der Waals surface area contributed by atoms with E-state index in [4.69, 9.17) is 16.3 Å². The zero-order valence-corrected chi connectivity index (χ0v) is 19.2. The van der Waals surface area contributed by atoms with Crippen molar-refractivity contribution in [3.05, 3.63) is 94.0 Å². The second kappa shape index (κ2) is 10.3. The van der Waals surface area contributed by atoms with Crippen molar-refractivity contribution >= 4 is 17.7 Å². The van der Waals surface area contributed by atoms with E-state index in [1.165, 1.54) is 0 Å². The van der Waals surface area contributed by atoms with Crippen LogP contribution in [0.1, 0.15) is 40.7 Å². The molecular weight excluding hydrogens is 483 g/mol. The van der Waals surface area contributed by atoms with Gasteiger partial charge in [0.15, 0.2) is 0 Å². The van der Waals surface area contributed by atoms with Crippen molar-refractivity contribution in [2.75, 3.05) is 13.2 Å². The Labute approximate surface area is 205 Å². The highest BCUT2D eigenvalue weighted by atomic mass is 35.5. The highest BCUT2D eigenvalue weighted by molar-refractivity contribution is 6.30. The van der Waals surface area contributed by atoms with Crippen LogP contribution in [0, 0.1) is 0 Å². The molecule has 0 heterocycles. The fourth-order valence-electron chi connectivity index (χ4n) is 4.37. The molecule has 0 radical (unpaired) electrons. The predicted molar refractivity (Wildman–Crippen MR) is 125 cm³/mol. The molecule has 1 aliphatic rings. The van der Waals surface area contributed by atoms with Crippen molar-refractivity contribution in [3.8, 4) is 11.1 Å². The number of carbonyl (C=O) groups is 1. The maximum absolute atomic E-state index is 13.3. The van der Waals surface area contributed by atoms with Crippen molar-refractivity contribution < 1.29 is 32.9 Å². The van der Waals surface area contributed by atoms with Crippen molar-refractivity contribution in [2.24, 2.45) is 0 Å². The standard InChI is InChI=1S/C26H23ClF3NO4/c27-15-9-10-22(26(28,29)30)20(13-15)24(33)23(32)11-12-31-25(34)35-14-21-18-7-3-1-5-16(18)17-6-2-4-8-19(17)21/h1-10,13,21,23-24,32-33H,11-12,14H2,(H,31,34). The molecule has 184 valence electrons. The van der Waals surface area contributed by atoms with Crippen molar-refractivity contribution in [2.45, 2.75) is 30.7 Å². The molecule has 35 heavy (non-hydrogen) atoms. The first-order chi connectivity index (χ1) is 16.7. The van der Waals surface area contributed by atoms with Gasteiger partial charge in [0.2, 0.25) is 0 Å². The molecule has 1 amide bonds. The Balaban J connectivity index is 1.32. The lowest BCUT2D eigenvalue weighted by atomic mass is 9.96. The van der Waals surface area contributed by atoms with Crippen LogP contribution in [0.2, 0.25) is 5.02 Å². The molecule has 1 aliphatic carbocycles. The minimum Gasteiger partial charge on any atom is -0.449 e. The van der Waals surface area contributed by atoms with E-state index in [1.807, 2.05) is 48.5 Å². The van der Waals surface area contributed by atoms with Gasteiger partial charge in [-0.25, -0.2) is 4.79 Å². The Morgan fingerprint density at radius 3 is 2.20 bits per heavy atom. The number of nitrogens with one attached hydrogen (secondary N) is 1. The first-order valence-corrected chi connectivity index (χ1v) is 11.4. The van der Waals surface area contributed by atoms with Crippen molar-refractivity contribution in [1.82, 2.24) is 5.32 Å². The fourth-order valence-corrected chi connectivity index (χ4v) is 4.55. The van der Waals surface area contributed by atoms with E-state index in [1.54, 1.807) is 0 Å². The third-order valence-corrected chi connectivity index (χ3v) is 6.29. The molecular formula is C26H23ClF3NO4. The van der Waals surface area contributed by atoms with E-state index >= 15 is 0 Å². The minimum absolute atomic E-state index is 0.00369. The monoisotopic (exact) mass is 505 g/mol. The number of benzene rings is 3. The fraction of sp³-hybridized carbons (Fsp3) is 0.269. The van der Waals surface area contributed by atoms with Gasteiger partial charge in [0.05, 0.1) is 11.7 Å². The van der Waals surface area contributed by atoms with Crippen molar-refractivity contribution in [3.63, 3.8) is 0 Å². The molecule has 0 fully saturated rings. The SMILES string of the molecule is O=C(NCCC(O)C(O)c1cc(Cl)ccc1C(F)(F)F)OCC1c2ccccc2-c2ccccc21. The van der Waals surface area contributed by atoms with Crippen LogP contribution >= 0.6 is 11.6 Å². The topological polar surface area (TPSA) is 78.8 Å². The first kappa shape index (κ1) is 25.0. The molecule has 0 saturated heterocycles. The second-order valence-corrected chi connectivity index (χ2v) is 8.72. The number of alkyl carbamates (subject to hydrolysis) is 1. The lowest BCUT2D eigenvalue weighted by molar-refractivity contribution is -0.140. The quantitative estimate of drug-likeness (QED) is 0.386. The molecule has 0 saturated carbocycles. The number of fused-ring (bicyclic) bond motifs is 3. The average molecular weight is 506 g/mol. The van der Waals surface area contributed by atoms with Crippen LogP contribution in [-0.4, -0.2) is 35.6 Å². The molecule has 3 aromatic rings. The lowest BCUT2D eigenvalue weighted by Crippen LogP contribution is -2.31. The number of aliphatic hydroxyl groups excluding tert-OH is 2. The van der Waals surface area contributed by atoms with Gasteiger partial charge < -0.3 is 20.3 Å². The molecule has 0 aromatic heterocycles. The largest absolute Gasteiger partial charge is 0.449 e. The number of alkyl halides is 3. The minimum atomic E-state index is -4.72. The number of carbonyl (C=O) groups excluding carboxylic acids is 1. The smallest absolute Gasteiger partial charge is 0.416 e. The number of ether oxygens (including phenoxy) is 1. The number of rotatable bonds is 7. The van der Waals surface area contributed by atoms with E-state index in [0.717, 1.165) is 40.5 Å². The molecule has 3 N–H and O–H groups in total. The van der Waals surface area contributed by atoms with Gasteiger partial charge in [-0.05, 0) is 52.4 Å². The van der Waals surface area contributed by atoms with Gasteiger partial charge in [0.25, 0.3) is 0 Å². The Bertz CT molecular complexity index is 1170. The first-order valence-electron chi connectivity index (χ1n) is 11.0. The summed E-state index contributed by atoms with van der Waals surface area (Å²) >= 11 is 5.78. The van der Waals surface area contributed by atoms with E-state index < -0.39 is 35.6 Å². The van der Waals surface area contributed by atoms with Gasteiger partial charge in [-0.1, -0.05) is 60.1 Å². The van der Waals surface area contributed by atoms with Gasteiger partial charge >= 0.3 is 12.3 Å². The second-order valence-electron chi connectivity index (χ2n) is 8.28. The summed E-state index contributed by atoms with van der Waals surface area (Å²) in [5.74, 6) is -0.121. The van der Waals surface area contributed by atoms with E-state index in [-0.39, 0.29) is 30.5 Å². The van der Waals surface area contributed by atoms with Crippen LogP contribution in [0.5, 0.6) is 0 Å². The van der Waals surface area contributed by atoms with Crippen LogP contribution in [0.4, 0.5) is 18.0 Å². The number of hydrogen-bond donors (Lipinski definition) is 3. The molecule has 2 unspecified atom stereocenters. The van der Waals surface area contributed by atoms with Crippen LogP contribution in [0.25, 0.3) is 11.1 Å². The third kappa shape index (κ3) is 5.45. The van der Waals surface area contributed by atoms with E-state index in [2.05, 4.69) is 5.32 Å². The van der Waals surface area contributed by atoms with E-state index in [0.29, 0.717) is 0 Å². The van der Waals surface area contributed by atoms with Gasteiger partial charge in [0, 0.05) is 17.5 Å². The molecule has 9 heteroatoms. The summed E-state index contributed by atoms with van der Waals surface area (Å²) in [6.07, 6.45) is -9.06. The van der Waals surface area contributed by atoms with Gasteiger partial charge in [-0.15, -0.1) is 0 Å². The van der Waals surface area contributed by atoms with Crippen molar-refractivity contribution in [1.29, 1.82) is 0 Å². The molecule has 0 aliphatic heterocycles. The number of halogens is 4. The number of aliphatic hydroxyl groups is 2. The van der Waals surface area contributed by atoms with Crippen LogP contribution < -0.4 is 5.32 Å². The molecule has 3 aromatic carbocycles. The Morgan fingerprint density at radius 1 is 1.00 bits per heavy atom. The van der Waals surface area contributed by atoms with Crippen LogP contribution in [0.15, 0.2) is 66.7 Å². The summed E-state index contributed by atoms with van der Waals surface area (Å²) in [7, 11) is 0. The summed E-state index contributed by atoms with van der Waals surface area (Å²) in [6.45, 7) is -0.0146. The molecule has 2 atom stereocenters. The summed E-state index contributed by atoms with van der Waals surface area (Å²) in [5.41, 5.74) is 2.68. The van der Waals surface area contributed by atoms with Gasteiger partial charge in [0.1, 0.15) is 12.7 Å². The summed E-state index contributed by atoms with van der Waals surface area (Å²) in [4.78, 5) is 12.2. The van der Waals surface area contributed by atoms with E-state index in [9.17, 15) is 28.2 Å².